The molecule has 1 aliphatic carbocycles. The molecule has 2 atom stereocenters. The molecule has 2 unspecified atom stereocenters. The van der Waals surface area contributed by atoms with Crippen LogP contribution in [0.3, 0.4) is 0 Å². The number of sulfone groups is 1. The van der Waals surface area contributed by atoms with Gasteiger partial charge in [-0.3, -0.25) is 4.79 Å². The quantitative estimate of drug-likeness (QED) is 0.854. The number of benzene rings is 1. The van der Waals surface area contributed by atoms with Gasteiger partial charge in [0, 0.05) is 17.6 Å². The van der Waals surface area contributed by atoms with Crippen molar-refractivity contribution in [3.63, 3.8) is 0 Å². The Bertz CT molecular complexity index is 655. The topological polar surface area (TPSA) is 89.3 Å². The summed E-state index contributed by atoms with van der Waals surface area (Å²) >= 11 is 0. The number of carbonyl (C=O) groups excluding carboxylic acids is 1. The summed E-state index contributed by atoms with van der Waals surface area (Å²) in [6.45, 7) is 0. The highest BCUT2D eigenvalue weighted by Gasteiger charge is 2.28. The van der Waals surface area contributed by atoms with E-state index < -0.39 is 20.5 Å². The van der Waals surface area contributed by atoms with Crippen LogP contribution in [-0.2, 0) is 14.6 Å². The van der Waals surface area contributed by atoms with Crippen molar-refractivity contribution in [2.75, 3.05) is 5.32 Å². The van der Waals surface area contributed by atoms with Crippen molar-refractivity contribution in [2.45, 2.75) is 42.4 Å². The van der Waals surface area contributed by atoms with E-state index in [0.29, 0.717) is 12.8 Å². The van der Waals surface area contributed by atoms with Crippen LogP contribution in [0.1, 0.15) is 25.7 Å². The second-order valence-corrected chi connectivity index (χ2v) is 7.36. The maximum atomic E-state index is 12.5. The minimum Gasteiger partial charge on any atom is -0.328 e. The first-order valence-corrected chi connectivity index (χ1v) is 8.54. The van der Waals surface area contributed by atoms with Gasteiger partial charge in [-0.15, -0.1) is 12.4 Å². The molecule has 0 aliphatic heterocycles. The zero-order valence-corrected chi connectivity index (χ0v) is 13.9. The van der Waals surface area contributed by atoms with Gasteiger partial charge in [0.25, 0.3) is 0 Å². The smallest absolute Gasteiger partial charge is 0.328 e. The first-order chi connectivity index (χ1) is 10.3. The number of carbonyl (C=O) groups is 1. The molecule has 23 heavy (non-hydrogen) atoms. The first kappa shape index (κ1) is 19.8. The van der Waals surface area contributed by atoms with Gasteiger partial charge in [-0.25, -0.2) is 8.42 Å². The normalized spacial score (nSPS) is 21.6. The number of rotatable bonds is 4. The van der Waals surface area contributed by atoms with Gasteiger partial charge in [0.15, 0.2) is 0 Å². The van der Waals surface area contributed by atoms with Gasteiger partial charge in [0.2, 0.25) is 15.7 Å². The molecule has 1 aromatic rings. The number of hydrogen-bond donors (Lipinski definition) is 2. The lowest BCUT2D eigenvalue weighted by Crippen LogP contribution is -2.34. The van der Waals surface area contributed by atoms with Gasteiger partial charge in [-0.1, -0.05) is 12.5 Å². The van der Waals surface area contributed by atoms with Crippen molar-refractivity contribution in [3.05, 3.63) is 24.3 Å². The van der Waals surface area contributed by atoms with Crippen LogP contribution in [0.2, 0.25) is 0 Å². The lowest BCUT2D eigenvalue weighted by molar-refractivity contribution is -0.120. The Morgan fingerprint density at radius 1 is 1.30 bits per heavy atom. The van der Waals surface area contributed by atoms with Crippen LogP contribution in [0.15, 0.2) is 29.2 Å². The fraction of sp³-hybridized carbons (Fsp3) is 0.500. The summed E-state index contributed by atoms with van der Waals surface area (Å²) in [6.07, 6.45) is 3.03. The zero-order valence-electron chi connectivity index (χ0n) is 12.2. The van der Waals surface area contributed by atoms with Gasteiger partial charge in [0.05, 0.1) is 4.90 Å². The summed E-state index contributed by atoms with van der Waals surface area (Å²) in [5, 5.41) is 2.58. The summed E-state index contributed by atoms with van der Waals surface area (Å²) in [5.74, 6) is -3.99. The molecule has 0 aromatic heterocycles. The van der Waals surface area contributed by atoms with Crippen molar-refractivity contribution in [1.29, 1.82) is 0 Å². The maximum absolute atomic E-state index is 12.5. The minimum absolute atomic E-state index is 0. The fourth-order valence-electron chi connectivity index (χ4n) is 2.56. The molecule has 1 amide bonds. The number of alkyl halides is 2. The highest BCUT2D eigenvalue weighted by atomic mass is 35.5. The van der Waals surface area contributed by atoms with Crippen LogP contribution in [0.25, 0.3) is 0 Å². The molecule has 0 spiro atoms. The molecule has 1 fully saturated rings. The van der Waals surface area contributed by atoms with Gasteiger partial charge in [0.1, 0.15) is 0 Å². The highest BCUT2D eigenvalue weighted by Crippen LogP contribution is 2.26. The summed E-state index contributed by atoms with van der Waals surface area (Å²) in [4.78, 5) is 11.6. The van der Waals surface area contributed by atoms with Crippen molar-refractivity contribution < 1.29 is 22.0 Å². The molecular formula is C14H19ClF2N2O3S. The molecule has 0 heterocycles. The van der Waals surface area contributed by atoms with E-state index >= 15 is 0 Å². The van der Waals surface area contributed by atoms with E-state index in [2.05, 4.69) is 5.32 Å². The second-order valence-electron chi connectivity index (χ2n) is 5.45. The molecule has 0 radical (unpaired) electrons. The Kier molecular flexibility index (Phi) is 6.91. The molecule has 0 bridgehead atoms. The number of nitrogens with one attached hydrogen (secondary N) is 1. The summed E-state index contributed by atoms with van der Waals surface area (Å²) in [5.41, 5.74) is 6.01. The van der Waals surface area contributed by atoms with Crippen LogP contribution >= 0.6 is 12.4 Å². The number of hydrogen-bond acceptors (Lipinski definition) is 4. The van der Waals surface area contributed by atoms with Gasteiger partial charge < -0.3 is 11.1 Å². The minimum atomic E-state index is -4.67. The van der Waals surface area contributed by atoms with Crippen LogP contribution in [0, 0.1) is 5.92 Å². The monoisotopic (exact) mass is 368 g/mol. The number of amides is 1. The second kappa shape index (κ2) is 8.03. The highest BCUT2D eigenvalue weighted by molar-refractivity contribution is 7.91. The molecule has 130 valence electrons. The third kappa shape index (κ3) is 4.86. The summed E-state index contributed by atoms with van der Waals surface area (Å²) < 4.78 is 47.9. The number of halogens is 3. The zero-order chi connectivity index (χ0) is 16.3. The average Bonchev–Trinajstić information content (AvgIpc) is 2.47. The van der Waals surface area contributed by atoms with E-state index in [0.717, 1.165) is 25.0 Å². The van der Waals surface area contributed by atoms with Crippen molar-refractivity contribution in [2.24, 2.45) is 11.7 Å². The lowest BCUT2D eigenvalue weighted by Gasteiger charge is -2.25. The molecule has 1 aliphatic rings. The van der Waals surface area contributed by atoms with Gasteiger partial charge in [-0.05, 0) is 37.5 Å². The Morgan fingerprint density at radius 3 is 2.61 bits per heavy atom. The Balaban J connectivity index is 0.00000264. The van der Waals surface area contributed by atoms with Crippen LogP contribution in [0.4, 0.5) is 14.5 Å². The van der Waals surface area contributed by atoms with Crippen molar-refractivity contribution >= 4 is 33.8 Å². The summed E-state index contributed by atoms with van der Waals surface area (Å²) in [7, 11) is -4.67. The third-order valence-corrected chi connectivity index (χ3v) is 5.13. The molecule has 5 nitrogen and oxygen atoms in total. The fourth-order valence-corrected chi connectivity index (χ4v) is 3.33. The first-order valence-electron chi connectivity index (χ1n) is 6.99. The Labute approximate surface area is 140 Å². The molecule has 2 rings (SSSR count). The van der Waals surface area contributed by atoms with E-state index in [1.54, 1.807) is 0 Å². The largest absolute Gasteiger partial charge is 0.341 e. The van der Waals surface area contributed by atoms with E-state index in [9.17, 15) is 22.0 Å². The predicted molar refractivity (Wildman–Crippen MR) is 85.4 cm³/mol. The van der Waals surface area contributed by atoms with E-state index in [4.69, 9.17) is 5.73 Å². The standard InChI is InChI=1S/C14H18F2N2O3S.ClH/c15-14(16)22(20,21)12-6-2-5-11(8-12)18-13(19)9-3-1-4-10(17)7-9;/h2,5-6,8-10,14H,1,3-4,7,17H2,(H,18,19);1H. The SMILES string of the molecule is Cl.NC1CCCC(C(=O)Nc2cccc(S(=O)(=O)C(F)F)c2)C1. The third-order valence-electron chi connectivity index (χ3n) is 3.75. The van der Waals surface area contributed by atoms with Crippen molar-refractivity contribution in [3.8, 4) is 0 Å². The lowest BCUT2D eigenvalue weighted by atomic mass is 9.85. The van der Waals surface area contributed by atoms with Gasteiger partial charge in [-0.2, -0.15) is 8.78 Å². The van der Waals surface area contributed by atoms with Gasteiger partial charge >= 0.3 is 5.76 Å². The average molecular weight is 369 g/mol. The molecule has 1 aromatic carbocycles. The van der Waals surface area contributed by atoms with Crippen LogP contribution < -0.4 is 11.1 Å². The van der Waals surface area contributed by atoms with Crippen LogP contribution in [0.5, 0.6) is 0 Å². The Morgan fingerprint density at radius 2 is 2.00 bits per heavy atom. The number of nitrogens with two attached hydrogens (primary N) is 1. The number of anilines is 1. The molecular weight excluding hydrogens is 350 g/mol. The molecule has 0 saturated heterocycles. The Hall–Kier alpha value is -1.25. The predicted octanol–water partition coefficient (Wildman–Crippen LogP) is 2.56. The molecule has 1 saturated carbocycles. The maximum Gasteiger partial charge on any atom is 0.341 e. The van der Waals surface area contributed by atoms with Crippen LogP contribution in [-0.4, -0.2) is 26.1 Å². The van der Waals surface area contributed by atoms with E-state index in [1.165, 1.54) is 12.1 Å². The van der Waals surface area contributed by atoms with E-state index in [-0.39, 0.29) is 36.0 Å². The molecule has 3 N–H and O–H groups in total. The summed E-state index contributed by atoms with van der Waals surface area (Å²) in [6, 6.07) is 4.88. The van der Waals surface area contributed by atoms with E-state index in [1.807, 2.05) is 0 Å². The van der Waals surface area contributed by atoms with Crippen molar-refractivity contribution in [1.82, 2.24) is 0 Å². The molecule has 9 heteroatoms.